The van der Waals surface area contributed by atoms with E-state index in [4.69, 9.17) is 4.74 Å². The van der Waals surface area contributed by atoms with Gasteiger partial charge < -0.3 is 15.2 Å². The van der Waals surface area contributed by atoms with Crippen molar-refractivity contribution in [1.82, 2.24) is 4.31 Å². The van der Waals surface area contributed by atoms with Crippen molar-refractivity contribution in [3.63, 3.8) is 0 Å². The van der Waals surface area contributed by atoms with Crippen LogP contribution in [0.4, 0.5) is 5.69 Å². The zero-order valence-electron chi connectivity index (χ0n) is 18.7. The first-order valence-electron chi connectivity index (χ1n) is 11.1. The summed E-state index contributed by atoms with van der Waals surface area (Å²) in [6.45, 7) is 0.261. The minimum atomic E-state index is -3.86. The van der Waals surface area contributed by atoms with Crippen molar-refractivity contribution in [2.45, 2.75) is 23.4 Å². The number of rotatable bonds is 5. The molecular weight excluding hydrogens is 450 g/mol. The summed E-state index contributed by atoms with van der Waals surface area (Å²) in [5, 5.41) is 22.8. The Balaban J connectivity index is 1.63. The van der Waals surface area contributed by atoms with Gasteiger partial charge in [-0.15, -0.1) is 0 Å². The minimum Gasteiger partial charge on any atom is -0.495 e. The Hall–Kier alpha value is -3.38. The molecule has 8 heteroatoms. The lowest BCUT2D eigenvalue weighted by Gasteiger charge is -2.39. The number of nitrogens with zero attached hydrogens (tertiary/aromatic N) is 2. The van der Waals surface area contributed by atoms with Crippen molar-refractivity contribution in [3.8, 4) is 22.9 Å². The SMILES string of the molecule is COc1ccccc1S(=O)(=O)N1CC[C@@H]2[C@@H](CO)Nc3ccc(-c4cccc(C#N)c4)cc3[C@@H]21. The van der Waals surface area contributed by atoms with Gasteiger partial charge in [-0.2, -0.15) is 9.57 Å². The molecule has 0 amide bonds. The van der Waals surface area contributed by atoms with E-state index in [9.17, 15) is 18.8 Å². The molecule has 174 valence electrons. The zero-order valence-corrected chi connectivity index (χ0v) is 19.5. The molecule has 0 saturated carbocycles. The highest BCUT2D eigenvalue weighted by Crippen LogP contribution is 2.49. The van der Waals surface area contributed by atoms with E-state index in [1.807, 2.05) is 36.4 Å². The molecule has 2 N–H and O–H groups in total. The maximum absolute atomic E-state index is 13.8. The Morgan fingerprint density at radius 3 is 2.68 bits per heavy atom. The number of methoxy groups -OCH3 is 1. The molecule has 1 fully saturated rings. The van der Waals surface area contributed by atoms with Gasteiger partial charge in [-0.25, -0.2) is 8.42 Å². The number of fused-ring (bicyclic) bond motifs is 3. The van der Waals surface area contributed by atoms with Crippen LogP contribution in [0.1, 0.15) is 23.6 Å². The van der Waals surface area contributed by atoms with Gasteiger partial charge >= 0.3 is 0 Å². The Morgan fingerprint density at radius 2 is 1.91 bits per heavy atom. The van der Waals surface area contributed by atoms with E-state index in [-0.39, 0.29) is 23.5 Å². The van der Waals surface area contributed by atoms with Crippen molar-refractivity contribution in [2.24, 2.45) is 5.92 Å². The number of hydrogen-bond acceptors (Lipinski definition) is 6. The van der Waals surface area contributed by atoms with E-state index >= 15 is 0 Å². The summed E-state index contributed by atoms with van der Waals surface area (Å²) < 4.78 is 34.6. The topological polar surface area (TPSA) is 103 Å². The minimum absolute atomic E-state index is 0.0809. The van der Waals surface area contributed by atoms with Gasteiger partial charge in [0, 0.05) is 18.2 Å². The predicted molar refractivity (Wildman–Crippen MR) is 129 cm³/mol. The maximum atomic E-state index is 13.8. The van der Waals surface area contributed by atoms with Crippen LogP contribution in [0.2, 0.25) is 0 Å². The second-order valence-electron chi connectivity index (χ2n) is 8.59. The molecule has 0 aromatic heterocycles. The van der Waals surface area contributed by atoms with Crippen LogP contribution in [-0.4, -0.2) is 44.1 Å². The molecule has 2 aliphatic heterocycles. The van der Waals surface area contributed by atoms with Gasteiger partial charge in [0.15, 0.2) is 0 Å². The fourth-order valence-electron chi connectivity index (χ4n) is 5.20. The number of hydrogen-bond donors (Lipinski definition) is 2. The lowest BCUT2D eigenvalue weighted by Crippen LogP contribution is -2.42. The molecule has 1 saturated heterocycles. The van der Waals surface area contributed by atoms with E-state index in [0.29, 0.717) is 24.3 Å². The van der Waals surface area contributed by atoms with E-state index in [2.05, 4.69) is 11.4 Å². The summed E-state index contributed by atoms with van der Waals surface area (Å²) in [5.41, 5.74) is 4.03. The third kappa shape index (κ3) is 3.62. The molecule has 3 aromatic rings. The van der Waals surface area contributed by atoms with Crippen LogP contribution in [0.3, 0.4) is 0 Å². The van der Waals surface area contributed by atoms with E-state index in [1.165, 1.54) is 7.11 Å². The quantitative estimate of drug-likeness (QED) is 0.582. The van der Waals surface area contributed by atoms with Crippen molar-refractivity contribution < 1.29 is 18.3 Å². The summed E-state index contributed by atoms with van der Waals surface area (Å²) in [5.74, 6) is 0.226. The molecule has 0 unspecified atom stereocenters. The number of nitriles is 1. The molecule has 3 atom stereocenters. The summed E-state index contributed by atoms with van der Waals surface area (Å²) in [7, 11) is -2.40. The van der Waals surface area contributed by atoms with Crippen molar-refractivity contribution in [1.29, 1.82) is 5.26 Å². The van der Waals surface area contributed by atoms with Gasteiger partial charge in [-0.05, 0) is 59.5 Å². The number of benzene rings is 3. The predicted octanol–water partition coefficient (Wildman–Crippen LogP) is 3.77. The largest absolute Gasteiger partial charge is 0.495 e. The van der Waals surface area contributed by atoms with Gasteiger partial charge in [0.05, 0.1) is 37.4 Å². The zero-order chi connectivity index (χ0) is 23.9. The standard InChI is InChI=1S/C26H25N3O4S/c1-33-24-7-2-3-8-25(24)34(31,32)29-12-11-20-23(16-30)28-22-10-9-19(14-21(22)26(20)29)18-6-4-5-17(13-18)15-27/h2-10,13-14,20,23,26,28,30H,11-12,16H2,1H3/t20-,23-,26-/m1/s1. The Morgan fingerprint density at radius 1 is 1.12 bits per heavy atom. The fourth-order valence-corrected chi connectivity index (χ4v) is 7.02. The molecule has 0 radical (unpaired) electrons. The fraction of sp³-hybridized carbons (Fsp3) is 0.269. The average molecular weight is 476 g/mol. The van der Waals surface area contributed by atoms with Gasteiger partial charge in [0.2, 0.25) is 10.0 Å². The molecule has 0 aliphatic carbocycles. The lowest BCUT2D eigenvalue weighted by molar-refractivity contribution is 0.210. The van der Waals surface area contributed by atoms with Crippen LogP contribution in [-0.2, 0) is 10.0 Å². The highest BCUT2D eigenvalue weighted by Gasteiger charge is 2.49. The molecule has 2 aliphatic rings. The smallest absolute Gasteiger partial charge is 0.247 e. The number of ether oxygens (including phenoxy) is 1. The number of nitrogens with one attached hydrogen (secondary N) is 1. The molecule has 0 bridgehead atoms. The Bertz CT molecular complexity index is 1380. The third-order valence-electron chi connectivity index (χ3n) is 6.80. The number of aliphatic hydroxyl groups is 1. The number of anilines is 1. The lowest BCUT2D eigenvalue weighted by atomic mass is 9.82. The molecule has 2 heterocycles. The summed E-state index contributed by atoms with van der Waals surface area (Å²) >= 11 is 0. The van der Waals surface area contributed by atoms with E-state index in [0.717, 1.165) is 22.4 Å². The van der Waals surface area contributed by atoms with Crippen LogP contribution in [0.25, 0.3) is 11.1 Å². The Labute approximate surface area is 199 Å². The normalized spacial score (nSPS) is 21.7. The summed E-state index contributed by atoms with van der Waals surface area (Å²) in [6, 6.07) is 21.4. The van der Waals surface area contributed by atoms with Crippen LogP contribution in [0.5, 0.6) is 5.75 Å². The number of sulfonamides is 1. The first-order chi connectivity index (χ1) is 16.5. The van der Waals surface area contributed by atoms with Crippen LogP contribution in [0.15, 0.2) is 71.6 Å². The van der Waals surface area contributed by atoms with Crippen LogP contribution < -0.4 is 10.1 Å². The second-order valence-corrected chi connectivity index (χ2v) is 10.5. The number of para-hydroxylation sites is 1. The van der Waals surface area contributed by atoms with Crippen molar-refractivity contribution in [3.05, 3.63) is 77.9 Å². The molecule has 7 nitrogen and oxygen atoms in total. The number of aliphatic hydroxyl groups excluding tert-OH is 1. The highest BCUT2D eigenvalue weighted by atomic mass is 32.2. The van der Waals surface area contributed by atoms with Gasteiger partial charge in [0.25, 0.3) is 0 Å². The first-order valence-corrected chi connectivity index (χ1v) is 12.6. The monoisotopic (exact) mass is 475 g/mol. The maximum Gasteiger partial charge on any atom is 0.247 e. The molecular formula is C26H25N3O4S. The van der Waals surface area contributed by atoms with Crippen molar-refractivity contribution >= 4 is 15.7 Å². The second kappa shape index (κ2) is 8.76. The van der Waals surface area contributed by atoms with Crippen LogP contribution in [0, 0.1) is 17.2 Å². The van der Waals surface area contributed by atoms with Crippen molar-refractivity contribution in [2.75, 3.05) is 25.6 Å². The van der Waals surface area contributed by atoms with Gasteiger partial charge in [0.1, 0.15) is 10.6 Å². The highest BCUT2D eigenvalue weighted by molar-refractivity contribution is 7.89. The van der Waals surface area contributed by atoms with E-state index < -0.39 is 16.1 Å². The Kier molecular flexibility index (Phi) is 5.78. The van der Waals surface area contributed by atoms with E-state index in [1.54, 1.807) is 34.6 Å². The molecule has 5 rings (SSSR count). The van der Waals surface area contributed by atoms with Crippen LogP contribution >= 0.6 is 0 Å². The summed E-state index contributed by atoms with van der Waals surface area (Å²) in [4.78, 5) is 0.136. The van der Waals surface area contributed by atoms with Gasteiger partial charge in [-0.1, -0.05) is 30.3 Å². The molecule has 34 heavy (non-hydrogen) atoms. The first kappa shape index (κ1) is 22.4. The third-order valence-corrected chi connectivity index (χ3v) is 8.72. The van der Waals surface area contributed by atoms with Gasteiger partial charge in [-0.3, -0.25) is 0 Å². The summed E-state index contributed by atoms with van der Waals surface area (Å²) in [6.07, 6.45) is 0.630. The average Bonchev–Trinajstić information content (AvgIpc) is 3.34. The molecule has 0 spiro atoms. The molecule has 3 aromatic carbocycles.